The first-order valence-corrected chi connectivity index (χ1v) is 16.9. The standard InChI is InChI=1S/C47H31N3/c1-3-12-32(13-4-1)34-24-28-37(29-25-34)45-48-46(38-30-26-35(27-31-38)33-14-5-2-6-15-33)50-47(49-45)44-23-11-21-42-41(20-10-22-43(42)44)40-19-9-17-36-16-7-8-18-39(36)40/h1-31H. The van der Waals surface area contributed by atoms with E-state index in [0.717, 1.165) is 38.6 Å². The topological polar surface area (TPSA) is 38.7 Å². The van der Waals surface area contributed by atoms with Crippen molar-refractivity contribution in [1.29, 1.82) is 0 Å². The highest BCUT2D eigenvalue weighted by atomic mass is 15.0. The molecule has 0 saturated heterocycles. The minimum Gasteiger partial charge on any atom is -0.208 e. The van der Waals surface area contributed by atoms with Crippen LogP contribution in [-0.4, -0.2) is 15.0 Å². The summed E-state index contributed by atoms with van der Waals surface area (Å²) in [6.07, 6.45) is 0. The van der Waals surface area contributed by atoms with Gasteiger partial charge < -0.3 is 0 Å². The fourth-order valence-corrected chi connectivity index (χ4v) is 6.84. The van der Waals surface area contributed by atoms with Crippen LogP contribution in [0.4, 0.5) is 0 Å². The molecular weight excluding hydrogens is 607 g/mol. The van der Waals surface area contributed by atoms with E-state index in [9.17, 15) is 0 Å². The molecule has 0 atom stereocenters. The Labute approximate surface area is 291 Å². The zero-order chi connectivity index (χ0) is 33.3. The lowest BCUT2D eigenvalue weighted by atomic mass is 9.92. The molecule has 1 heterocycles. The van der Waals surface area contributed by atoms with E-state index in [-0.39, 0.29) is 0 Å². The van der Waals surface area contributed by atoms with E-state index < -0.39 is 0 Å². The van der Waals surface area contributed by atoms with Crippen molar-refractivity contribution in [1.82, 2.24) is 15.0 Å². The van der Waals surface area contributed by atoms with Crippen molar-refractivity contribution in [3.63, 3.8) is 0 Å². The quantitative estimate of drug-likeness (QED) is 0.182. The van der Waals surface area contributed by atoms with E-state index in [2.05, 4.69) is 176 Å². The van der Waals surface area contributed by atoms with E-state index in [1.165, 1.54) is 33.0 Å². The van der Waals surface area contributed by atoms with Gasteiger partial charge in [0.25, 0.3) is 0 Å². The highest BCUT2D eigenvalue weighted by Gasteiger charge is 2.16. The van der Waals surface area contributed by atoms with Crippen LogP contribution in [0.2, 0.25) is 0 Å². The Hall–Kier alpha value is -6.71. The average Bonchev–Trinajstić information content (AvgIpc) is 3.21. The van der Waals surface area contributed by atoms with E-state index in [0.29, 0.717) is 17.5 Å². The number of nitrogens with zero attached hydrogens (tertiary/aromatic N) is 3. The minimum absolute atomic E-state index is 0.638. The molecular formula is C47H31N3. The molecule has 1 aromatic heterocycles. The van der Waals surface area contributed by atoms with E-state index in [1.807, 2.05) is 12.1 Å². The Morgan fingerprint density at radius 2 is 0.580 bits per heavy atom. The van der Waals surface area contributed by atoms with E-state index in [1.54, 1.807) is 0 Å². The van der Waals surface area contributed by atoms with Gasteiger partial charge in [-0.15, -0.1) is 0 Å². The Kier molecular flexibility index (Phi) is 7.49. The van der Waals surface area contributed by atoms with Crippen molar-refractivity contribution in [2.24, 2.45) is 0 Å². The third-order valence-corrected chi connectivity index (χ3v) is 9.38. The van der Waals surface area contributed by atoms with Crippen LogP contribution in [0.3, 0.4) is 0 Å². The van der Waals surface area contributed by atoms with Crippen molar-refractivity contribution < 1.29 is 0 Å². The average molecular weight is 638 g/mol. The molecule has 0 amide bonds. The fourth-order valence-electron chi connectivity index (χ4n) is 6.84. The molecule has 0 aliphatic carbocycles. The van der Waals surface area contributed by atoms with Crippen LogP contribution in [0.25, 0.3) is 89.1 Å². The van der Waals surface area contributed by atoms with Gasteiger partial charge in [0.1, 0.15) is 0 Å². The van der Waals surface area contributed by atoms with Gasteiger partial charge in [-0.3, -0.25) is 0 Å². The van der Waals surface area contributed by atoms with Crippen molar-refractivity contribution in [3.05, 3.63) is 188 Å². The van der Waals surface area contributed by atoms with Crippen LogP contribution >= 0.6 is 0 Å². The molecule has 0 fully saturated rings. The first-order chi connectivity index (χ1) is 24.8. The highest BCUT2D eigenvalue weighted by Crippen LogP contribution is 2.38. The summed E-state index contributed by atoms with van der Waals surface area (Å²) >= 11 is 0. The predicted molar refractivity (Wildman–Crippen MR) is 207 cm³/mol. The lowest BCUT2D eigenvalue weighted by molar-refractivity contribution is 1.08. The molecule has 9 rings (SSSR count). The molecule has 0 bridgehead atoms. The molecule has 50 heavy (non-hydrogen) atoms. The molecule has 0 spiro atoms. The summed E-state index contributed by atoms with van der Waals surface area (Å²) in [5.41, 5.74) is 9.88. The summed E-state index contributed by atoms with van der Waals surface area (Å²) in [5, 5.41) is 4.71. The normalized spacial score (nSPS) is 11.2. The molecule has 0 aliphatic heterocycles. The second kappa shape index (κ2) is 12.7. The maximum absolute atomic E-state index is 5.15. The maximum atomic E-state index is 5.15. The minimum atomic E-state index is 0.638. The van der Waals surface area contributed by atoms with E-state index >= 15 is 0 Å². The van der Waals surface area contributed by atoms with Crippen molar-refractivity contribution in [2.45, 2.75) is 0 Å². The first-order valence-electron chi connectivity index (χ1n) is 16.9. The molecule has 0 aliphatic rings. The van der Waals surface area contributed by atoms with Gasteiger partial charge in [0.15, 0.2) is 17.5 Å². The number of rotatable bonds is 6. The number of benzene rings is 8. The molecule has 0 N–H and O–H groups in total. The molecule has 3 heteroatoms. The van der Waals surface area contributed by atoms with Gasteiger partial charge >= 0.3 is 0 Å². The van der Waals surface area contributed by atoms with Gasteiger partial charge in [-0.05, 0) is 54.9 Å². The number of hydrogen-bond donors (Lipinski definition) is 0. The summed E-state index contributed by atoms with van der Waals surface area (Å²) in [4.78, 5) is 15.4. The lowest BCUT2D eigenvalue weighted by Gasteiger charge is -2.14. The van der Waals surface area contributed by atoms with Crippen LogP contribution in [0.5, 0.6) is 0 Å². The molecule has 234 valence electrons. The Morgan fingerprint density at radius 1 is 0.220 bits per heavy atom. The molecule has 0 saturated carbocycles. The summed E-state index contributed by atoms with van der Waals surface area (Å²) < 4.78 is 0. The third kappa shape index (κ3) is 5.51. The maximum Gasteiger partial charge on any atom is 0.164 e. The predicted octanol–water partition coefficient (Wildman–Crippen LogP) is 12.2. The molecule has 9 aromatic rings. The Balaban J connectivity index is 1.20. The summed E-state index contributed by atoms with van der Waals surface area (Å²) in [5.74, 6) is 1.92. The van der Waals surface area contributed by atoms with Crippen LogP contribution in [0, 0.1) is 0 Å². The lowest BCUT2D eigenvalue weighted by Crippen LogP contribution is -2.00. The zero-order valence-corrected chi connectivity index (χ0v) is 27.2. The van der Waals surface area contributed by atoms with Crippen molar-refractivity contribution in [2.75, 3.05) is 0 Å². The van der Waals surface area contributed by atoms with Crippen LogP contribution in [0.1, 0.15) is 0 Å². The molecule has 0 unspecified atom stereocenters. The van der Waals surface area contributed by atoms with Crippen molar-refractivity contribution in [3.8, 4) is 67.5 Å². The van der Waals surface area contributed by atoms with Gasteiger partial charge in [0, 0.05) is 16.7 Å². The fraction of sp³-hybridized carbons (Fsp3) is 0. The third-order valence-electron chi connectivity index (χ3n) is 9.38. The van der Waals surface area contributed by atoms with Crippen molar-refractivity contribution >= 4 is 21.5 Å². The molecule has 8 aromatic carbocycles. The number of hydrogen-bond acceptors (Lipinski definition) is 3. The van der Waals surface area contributed by atoms with E-state index in [4.69, 9.17) is 15.0 Å². The van der Waals surface area contributed by atoms with Crippen LogP contribution in [-0.2, 0) is 0 Å². The molecule has 3 nitrogen and oxygen atoms in total. The summed E-state index contributed by atoms with van der Waals surface area (Å²) in [6.45, 7) is 0. The number of fused-ring (bicyclic) bond motifs is 2. The smallest absolute Gasteiger partial charge is 0.164 e. The first kappa shape index (κ1) is 29.4. The Morgan fingerprint density at radius 3 is 1.16 bits per heavy atom. The van der Waals surface area contributed by atoms with Gasteiger partial charge in [-0.1, -0.05) is 188 Å². The summed E-state index contributed by atoms with van der Waals surface area (Å²) in [6, 6.07) is 65.8. The molecule has 0 radical (unpaired) electrons. The monoisotopic (exact) mass is 637 g/mol. The SMILES string of the molecule is c1ccc(-c2ccc(-c3nc(-c4ccc(-c5ccccc5)cc4)nc(-c4cccc5c(-c6cccc7ccccc67)cccc45)n3)cc2)cc1. The second-order valence-electron chi connectivity index (χ2n) is 12.4. The van der Waals surface area contributed by atoms with Gasteiger partial charge in [-0.2, -0.15) is 0 Å². The van der Waals surface area contributed by atoms with Crippen LogP contribution < -0.4 is 0 Å². The van der Waals surface area contributed by atoms with Crippen LogP contribution in [0.15, 0.2) is 188 Å². The number of aromatic nitrogens is 3. The second-order valence-corrected chi connectivity index (χ2v) is 12.4. The largest absolute Gasteiger partial charge is 0.208 e. The van der Waals surface area contributed by atoms with Gasteiger partial charge in [0.2, 0.25) is 0 Å². The zero-order valence-electron chi connectivity index (χ0n) is 27.2. The highest BCUT2D eigenvalue weighted by molar-refractivity contribution is 6.08. The van der Waals surface area contributed by atoms with Gasteiger partial charge in [0.05, 0.1) is 0 Å². The Bertz CT molecular complexity index is 2510. The van der Waals surface area contributed by atoms with Gasteiger partial charge in [-0.25, -0.2) is 15.0 Å². The summed E-state index contributed by atoms with van der Waals surface area (Å²) in [7, 11) is 0.